The van der Waals surface area contributed by atoms with E-state index in [-0.39, 0.29) is 18.2 Å². The number of ether oxygens (including phenoxy) is 1. The highest BCUT2D eigenvalue weighted by Gasteiger charge is 2.17. The van der Waals surface area contributed by atoms with Crippen LogP contribution in [0.4, 0.5) is 0 Å². The van der Waals surface area contributed by atoms with Crippen LogP contribution >= 0.6 is 11.3 Å². The van der Waals surface area contributed by atoms with Gasteiger partial charge in [-0.2, -0.15) is 0 Å². The van der Waals surface area contributed by atoms with Gasteiger partial charge in [0.1, 0.15) is 27.2 Å². The summed E-state index contributed by atoms with van der Waals surface area (Å²) in [6, 6.07) is 20.9. The lowest BCUT2D eigenvalue weighted by atomic mass is 10.2. The average Bonchev–Trinajstić information content (AvgIpc) is 3.49. The number of aryl methyl sites for hydroxylation is 2. The zero-order valence-corrected chi connectivity index (χ0v) is 19.1. The van der Waals surface area contributed by atoms with Gasteiger partial charge in [0.05, 0.1) is 12.8 Å². The van der Waals surface area contributed by atoms with Gasteiger partial charge >= 0.3 is 0 Å². The van der Waals surface area contributed by atoms with Gasteiger partial charge in [0, 0.05) is 24.0 Å². The van der Waals surface area contributed by atoms with Crippen molar-refractivity contribution in [1.82, 2.24) is 15.8 Å². The van der Waals surface area contributed by atoms with Crippen LogP contribution in [0.15, 0.2) is 71.1 Å². The molecule has 0 saturated carbocycles. The molecule has 0 unspecified atom stereocenters. The Morgan fingerprint density at radius 3 is 2.45 bits per heavy atom. The molecule has 168 valence electrons. The van der Waals surface area contributed by atoms with Gasteiger partial charge < -0.3 is 9.15 Å². The van der Waals surface area contributed by atoms with Crippen molar-refractivity contribution in [3.05, 3.63) is 83.1 Å². The largest absolute Gasteiger partial charge is 0.497 e. The van der Waals surface area contributed by atoms with Crippen LogP contribution in [0.1, 0.15) is 27.5 Å². The van der Waals surface area contributed by atoms with Gasteiger partial charge in [-0.25, -0.2) is 4.98 Å². The number of amides is 2. The number of nitrogens with zero attached hydrogens (tertiary/aromatic N) is 1. The highest BCUT2D eigenvalue weighted by Crippen LogP contribution is 2.28. The Kier molecular flexibility index (Phi) is 6.85. The predicted octanol–water partition coefficient (Wildman–Crippen LogP) is 4.78. The number of furan rings is 1. The monoisotopic (exact) mass is 461 g/mol. The number of hydrazine groups is 1. The summed E-state index contributed by atoms with van der Waals surface area (Å²) in [7, 11) is 1.62. The Balaban J connectivity index is 1.28. The zero-order chi connectivity index (χ0) is 23.2. The van der Waals surface area contributed by atoms with Crippen molar-refractivity contribution in [3.8, 4) is 27.6 Å². The summed E-state index contributed by atoms with van der Waals surface area (Å²) in [5.41, 5.74) is 7.42. The number of hydrogen-bond donors (Lipinski definition) is 2. The molecule has 2 aromatic heterocycles. The Labute approximate surface area is 195 Å². The van der Waals surface area contributed by atoms with E-state index in [0.717, 1.165) is 27.6 Å². The third kappa shape index (κ3) is 5.48. The molecule has 2 N–H and O–H groups in total. The maximum atomic E-state index is 12.5. The van der Waals surface area contributed by atoms with E-state index in [2.05, 4.69) is 15.8 Å². The number of methoxy groups -OCH3 is 1. The first kappa shape index (κ1) is 22.3. The number of nitrogens with one attached hydrogen (secondary N) is 2. The summed E-state index contributed by atoms with van der Waals surface area (Å²) in [6.45, 7) is 1.77. The van der Waals surface area contributed by atoms with Gasteiger partial charge in [-0.3, -0.25) is 20.4 Å². The van der Waals surface area contributed by atoms with Crippen LogP contribution in [0.5, 0.6) is 5.75 Å². The van der Waals surface area contributed by atoms with Gasteiger partial charge in [0.25, 0.3) is 5.91 Å². The van der Waals surface area contributed by atoms with Gasteiger partial charge in [-0.15, -0.1) is 11.3 Å². The second kappa shape index (κ2) is 10.1. The van der Waals surface area contributed by atoms with Gasteiger partial charge in [0.2, 0.25) is 5.91 Å². The topological polar surface area (TPSA) is 93.5 Å². The van der Waals surface area contributed by atoms with E-state index in [4.69, 9.17) is 9.15 Å². The van der Waals surface area contributed by atoms with Gasteiger partial charge in [-0.1, -0.05) is 30.3 Å². The van der Waals surface area contributed by atoms with Crippen molar-refractivity contribution in [3.63, 3.8) is 0 Å². The van der Waals surface area contributed by atoms with Gasteiger partial charge in [-0.05, 0) is 43.3 Å². The molecule has 0 saturated heterocycles. The molecule has 2 heterocycles. The lowest BCUT2D eigenvalue weighted by molar-refractivity contribution is -0.121. The maximum absolute atomic E-state index is 12.5. The first-order chi connectivity index (χ1) is 16.0. The minimum Gasteiger partial charge on any atom is -0.497 e. The third-order valence-electron chi connectivity index (χ3n) is 4.97. The SMILES string of the molecule is COc1ccc(-c2ccc(CCC(=O)NNC(=O)c3sc(-c4ccccc4)nc3C)o2)cc1. The standard InChI is InChI=1S/C25H23N3O4S/c1-16-23(33-25(26-16)18-6-4-3-5-7-18)24(30)28-27-22(29)15-13-20-12-14-21(32-20)17-8-10-19(31-2)11-9-17/h3-12,14H,13,15H2,1-2H3,(H,27,29)(H,28,30). The highest BCUT2D eigenvalue weighted by atomic mass is 32.1. The molecule has 0 aliphatic carbocycles. The van der Waals surface area contributed by atoms with E-state index < -0.39 is 0 Å². The second-order valence-corrected chi connectivity index (χ2v) is 8.30. The first-order valence-corrected chi connectivity index (χ1v) is 11.2. The molecular weight excluding hydrogens is 438 g/mol. The molecule has 8 heteroatoms. The maximum Gasteiger partial charge on any atom is 0.281 e. The van der Waals surface area contributed by atoms with Crippen LogP contribution in [0, 0.1) is 6.92 Å². The minimum absolute atomic E-state index is 0.173. The Bertz CT molecular complexity index is 1250. The highest BCUT2D eigenvalue weighted by molar-refractivity contribution is 7.17. The van der Waals surface area contributed by atoms with Crippen LogP contribution in [0.25, 0.3) is 21.9 Å². The number of carbonyl (C=O) groups is 2. The smallest absolute Gasteiger partial charge is 0.281 e. The predicted molar refractivity (Wildman–Crippen MR) is 127 cm³/mol. The molecule has 0 spiro atoms. The molecule has 2 amide bonds. The number of aromatic nitrogens is 1. The molecular formula is C25H23N3O4S. The molecule has 4 rings (SSSR count). The first-order valence-electron chi connectivity index (χ1n) is 10.4. The third-order valence-corrected chi connectivity index (χ3v) is 6.18. The van der Waals surface area contributed by atoms with E-state index in [1.165, 1.54) is 11.3 Å². The van der Waals surface area contributed by atoms with E-state index in [1.807, 2.05) is 66.7 Å². The zero-order valence-electron chi connectivity index (χ0n) is 18.3. The number of rotatable bonds is 7. The quantitative estimate of drug-likeness (QED) is 0.386. The van der Waals surface area contributed by atoms with Crippen molar-refractivity contribution in [1.29, 1.82) is 0 Å². The van der Waals surface area contributed by atoms with E-state index in [0.29, 0.717) is 22.8 Å². The average molecular weight is 462 g/mol. The number of benzene rings is 2. The number of thiazole rings is 1. The Morgan fingerprint density at radius 1 is 0.970 bits per heavy atom. The second-order valence-electron chi connectivity index (χ2n) is 7.30. The number of carbonyl (C=O) groups excluding carboxylic acids is 2. The van der Waals surface area contributed by atoms with Crippen LogP contribution < -0.4 is 15.6 Å². The normalized spacial score (nSPS) is 10.6. The molecule has 0 fully saturated rings. The lowest BCUT2D eigenvalue weighted by Crippen LogP contribution is -2.41. The summed E-state index contributed by atoms with van der Waals surface area (Å²) >= 11 is 1.29. The van der Waals surface area contributed by atoms with Crippen LogP contribution in [0.2, 0.25) is 0 Å². The molecule has 7 nitrogen and oxygen atoms in total. The Morgan fingerprint density at radius 2 is 1.73 bits per heavy atom. The molecule has 2 aromatic carbocycles. The molecule has 0 aliphatic heterocycles. The molecule has 0 atom stereocenters. The van der Waals surface area contributed by atoms with Crippen LogP contribution in [-0.2, 0) is 11.2 Å². The number of hydrogen-bond acceptors (Lipinski definition) is 6. The van der Waals surface area contributed by atoms with Crippen LogP contribution in [-0.4, -0.2) is 23.9 Å². The minimum atomic E-state index is -0.389. The van der Waals surface area contributed by atoms with Crippen LogP contribution in [0.3, 0.4) is 0 Å². The molecule has 0 bridgehead atoms. The summed E-state index contributed by atoms with van der Waals surface area (Å²) in [5, 5.41) is 0.759. The summed E-state index contributed by atoms with van der Waals surface area (Å²) in [6.07, 6.45) is 0.586. The fourth-order valence-corrected chi connectivity index (χ4v) is 4.18. The molecule has 4 aromatic rings. The fourth-order valence-electron chi connectivity index (χ4n) is 3.22. The van der Waals surface area contributed by atoms with Crippen molar-refractivity contribution in [2.24, 2.45) is 0 Å². The fraction of sp³-hybridized carbons (Fsp3) is 0.160. The molecule has 0 aliphatic rings. The Hall–Kier alpha value is -3.91. The van der Waals surface area contributed by atoms with Crippen molar-refractivity contribution >= 4 is 23.2 Å². The van der Waals surface area contributed by atoms with Gasteiger partial charge in [0.15, 0.2) is 0 Å². The van der Waals surface area contributed by atoms with Crippen molar-refractivity contribution in [2.75, 3.05) is 7.11 Å². The molecule has 0 radical (unpaired) electrons. The summed E-state index contributed by atoms with van der Waals surface area (Å²) in [5.74, 6) is 1.48. The van der Waals surface area contributed by atoms with E-state index in [1.54, 1.807) is 14.0 Å². The van der Waals surface area contributed by atoms with Crippen molar-refractivity contribution in [2.45, 2.75) is 19.8 Å². The van der Waals surface area contributed by atoms with E-state index in [9.17, 15) is 9.59 Å². The lowest BCUT2D eigenvalue weighted by Gasteiger charge is -2.06. The summed E-state index contributed by atoms with van der Waals surface area (Å²) in [4.78, 5) is 29.7. The molecule has 33 heavy (non-hydrogen) atoms. The van der Waals surface area contributed by atoms with Crippen molar-refractivity contribution < 1.29 is 18.7 Å². The summed E-state index contributed by atoms with van der Waals surface area (Å²) < 4.78 is 11.0. The van der Waals surface area contributed by atoms with E-state index >= 15 is 0 Å².